The van der Waals surface area contributed by atoms with Crippen LogP contribution in [0.15, 0.2) is 23.3 Å². The van der Waals surface area contributed by atoms with Crippen molar-refractivity contribution in [3.8, 4) is 0 Å². The first-order valence-electron chi connectivity index (χ1n) is 7.83. The SMILES string of the molecule is CCC(=O)[N+](C)(C)C1OC1[N+](C)(C)C1C=C(C)C(C)=CC1. The molecule has 0 spiro atoms. The van der Waals surface area contributed by atoms with Crippen molar-refractivity contribution in [3.05, 3.63) is 23.3 Å². The number of rotatable bonds is 4. The molecular formula is C17H30N2O2+2. The van der Waals surface area contributed by atoms with Crippen LogP contribution in [0, 0.1) is 0 Å². The van der Waals surface area contributed by atoms with E-state index in [9.17, 15) is 4.79 Å². The van der Waals surface area contributed by atoms with Gasteiger partial charge in [0.25, 0.3) is 12.5 Å². The fraction of sp³-hybridized carbons (Fsp3) is 0.706. The second-order valence-corrected chi connectivity index (χ2v) is 7.37. The van der Waals surface area contributed by atoms with E-state index < -0.39 is 0 Å². The van der Waals surface area contributed by atoms with Gasteiger partial charge in [-0.3, -0.25) is 9.22 Å². The number of amides is 1. The maximum absolute atomic E-state index is 12.1. The molecule has 0 radical (unpaired) electrons. The van der Waals surface area contributed by atoms with Crippen molar-refractivity contribution in [2.45, 2.75) is 52.1 Å². The van der Waals surface area contributed by atoms with Gasteiger partial charge in [0, 0.05) is 6.42 Å². The average molecular weight is 294 g/mol. The summed E-state index contributed by atoms with van der Waals surface area (Å²) in [6.45, 7) is 6.25. The molecule has 0 N–H and O–H groups in total. The molecule has 1 heterocycles. The van der Waals surface area contributed by atoms with E-state index in [1.807, 2.05) is 21.0 Å². The highest BCUT2D eigenvalue weighted by atomic mass is 16.6. The third-order valence-electron chi connectivity index (χ3n) is 5.27. The number of carbonyl (C=O) groups is 1. The van der Waals surface area contributed by atoms with Crippen molar-refractivity contribution >= 4 is 5.91 Å². The first kappa shape index (κ1) is 16.4. The molecule has 118 valence electrons. The molecular weight excluding hydrogens is 264 g/mol. The van der Waals surface area contributed by atoms with E-state index in [0.29, 0.717) is 16.9 Å². The van der Waals surface area contributed by atoms with Gasteiger partial charge in [-0.15, -0.1) is 0 Å². The maximum Gasteiger partial charge on any atom is 0.315 e. The average Bonchev–Trinajstić information content (AvgIpc) is 3.22. The standard InChI is InChI=1S/C17H30N2O2/c1-8-15(20)19(6,7)17-16(21-17)18(4,5)14-10-9-12(2)13(3)11-14/h9,11,14,16-17H,8,10H2,1-7H3/q+2. The summed E-state index contributed by atoms with van der Waals surface area (Å²) in [6.07, 6.45) is 6.34. The predicted molar refractivity (Wildman–Crippen MR) is 84.1 cm³/mol. The van der Waals surface area contributed by atoms with Crippen LogP contribution >= 0.6 is 0 Å². The minimum atomic E-state index is -0.0202. The summed E-state index contributed by atoms with van der Waals surface area (Å²) in [6, 6.07) is 0.417. The Kier molecular flexibility index (Phi) is 4.17. The monoisotopic (exact) mass is 294 g/mol. The smallest absolute Gasteiger partial charge is 0.290 e. The molecule has 1 amide bonds. The van der Waals surface area contributed by atoms with Gasteiger partial charge >= 0.3 is 5.91 Å². The highest BCUT2D eigenvalue weighted by Crippen LogP contribution is 2.39. The van der Waals surface area contributed by atoms with Crippen LogP contribution < -0.4 is 0 Å². The maximum atomic E-state index is 12.1. The summed E-state index contributed by atoms with van der Waals surface area (Å²) in [7, 11) is 8.35. The van der Waals surface area contributed by atoms with Crippen LogP contribution in [0.3, 0.4) is 0 Å². The fourth-order valence-electron chi connectivity index (χ4n) is 3.20. The number of hydrogen-bond donors (Lipinski definition) is 0. The van der Waals surface area contributed by atoms with Crippen LogP contribution in [0.2, 0.25) is 0 Å². The van der Waals surface area contributed by atoms with E-state index in [2.05, 4.69) is 40.1 Å². The molecule has 0 saturated carbocycles. The summed E-state index contributed by atoms with van der Waals surface area (Å²) < 4.78 is 7.07. The minimum absolute atomic E-state index is 0.0202. The van der Waals surface area contributed by atoms with Crippen molar-refractivity contribution in [2.24, 2.45) is 0 Å². The normalized spacial score (nSPS) is 29.8. The van der Waals surface area contributed by atoms with Gasteiger partial charge < -0.3 is 0 Å². The number of hydrogen-bond acceptors (Lipinski definition) is 2. The van der Waals surface area contributed by atoms with Crippen molar-refractivity contribution in [1.82, 2.24) is 0 Å². The molecule has 3 atom stereocenters. The lowest BCUT2D eigenvalue weighted by atomic mass is 9.95. The third-order valence-corrected chi connectivity index (χ3v) is 5.27. The Labute approximate surface area is 128 Å². The molecule has 0 aromatic rings. The van der Waals surface area contributed by atoms with E-state index in [4.69, 9.17) is 4.74 Å². The zero-order chi connectivity index (χ0) is 16.0. The molecule has 1 aliphatic heterocycles. The van der Waals surface area contributed by atoms with Gasteiger partial charge in [0.05, 0.1) is 34.6 Å². The molecule has 2 aliphatic rings. The van der Waals surface area contributed by atoms with Crippen LogP contribution in [-0.4, -0.2) is 61.6 Å². The molecule has 0 bridgehead atoms. The first-order chi connectivity index (χ1) is 9.62. The Morgan fingerprint density at radius 2 is 1.81 bits per heavy atom. The second kappa shape index (κ2) is 5.34. The lowest BCUT2D eigenvalue weighted by Gasteiger charge is -2.37. The molecule has 4 heteroatoms. The van der Waals surface area contributed by atoms with Crippen LogP contribution in [0.25, 0.3) is 0 Å². The Bertz CT molecular complexity index is 503. The molecule has 21 heavy (non-hydrogen) atoms. The number of quaternary nitrogens is 2. The quantitative estimate of drug-likeness (QED) is 0.589. The van der Waals surface area contributed by atoms with Gasteiger partial charge in [0.2, 0.25) is 0 Å². The topological polar surface area (TPSA) is 29.6 Å². The summed E-state index contributed by atoms with van der Waals surface area (Å²) in [5, 5.41) is 0. The number of nitrogens with zero attached hydrogens (tertiary/aromatic N) is 2. The van der Waals surface area contributed by atoms with E-state index in [0.717, 1.165) is 10.9 Å². The second-order valence-electron chi connectivity index (χ2n) is 7.37. The summed E-state index contributed by atoms with van der Waals surface area (Å²) in [4.78, 5) is 12.1. The highest BCUT2D eigenvalue weighted by Gasteiger charge is 2.64. The van der Waals surface area contributed by atoms with Crippen LogP contribution in [-0.2, 0) is 9.53 Å². The highest BCUT2D eigenvalue weighted by molar-refractivity contribution is 5.68. The van der Waals surface area contributed by atoms with Crippen molar-refractivity contribution in [3.63, 3.8) is 0 Å². The zero-order valence-electron chi connectivity index (χ0n) is 14.5. The molecule has 4 nitrogen and oxygen atoms in total. The summed E-state index contributed by atoms with van der Waals surface area (Å²) >= 11 is 0. The summed E-state index contributed by atoms with van der Waals surface area (Å²) in [5.41, 5.74) is 2.73. The Morgan fingerprint density at radius 1 is 1.19 bits per heavy atom. The Balaban J connectivity index is 2.12. The molecule has 0 aromatic heterocycles. The molecule has 1 aliphatic carbocycles. The predicted octanol–water partition coefficient (Wildman–Crippen LogP) is 2.42. The molecule has 3 unspecified atom stereocenters. The zero-order valence-corrected chi connectivity index (χ0v) is 14.5. The fourth-order valence-corrected chi connectivity index (χ4v) is 3.20. The van der Waals surface area contributed by atoms with E-state index in [-0.39, 0.29) is 18.4 Å². The number of epoxide rings is 1. The third kappa shape index (κ3) is 2.85. The summed E-state index contributed by atoms with van der Waals surface area (Å²) in [5.74, 6) is 0.230. The van der Waals surface area contributed by atoms with Gasteiger partial charge in [-0.05, 0) is 25.5 Å². The number of carbonyl (C=O) groups excluding carboxylic acids is 1. The first-order valence-corrected chi connectivity index (χ1v) is 7.83. The van der Waals surface area contributed by atoms with Crippen molar-refractivity contribution in [2.75, 3.05) is 28.2 Å². The van der Waals surface area contributed by atoms with E-state index in [1.54, 1.807) is 0 Å². The van der Waals surface area contributed by atoms with Crippen molar-refractivity contribution < 1.29 is 18.5 Å². The van der Waals surface area contributed by atoms with Crippen LogP contribution in [0.5, 0.6) is 0 Å². The van der Waals surface area contributed by atoms with Gasteiger partial charge in [-0.1, -0.05) is 18.6 Å². The molecule has 0 aromatic carbocycles. The lowest BCUT2D eigenvalue weighted by Crippen LogP contribution is -2.56. The van der Waals surface area contributed by atoms with E-state index >= 15 is 0 Å². The number of allylic oxidation sites excluding steroid dienone is 2. The lowest BCUT2D eigenvalue weighted by molar-refractivity contribution is -0.941. The van der Waals surface area contributed by atoms with Crippen molar-refractivity contribution in [1.29, 1.82) is 0 Å². The van der Waals surface area contributed by atoms with Gasteiger partial charge in [-0.25, -0.2) is 9.28 Å². The van der Waals surface area contributed by atoms with E-state index in [1.165, 1.54) is 11.1 Å². The minimum Gasteiger partial charge on any atom is -0.290 e. The largest absolute Gasteiger partial charge is 0.315 e. The van der Waals surface area contributed by atoms with Gasteiger partial charge in [-0.2, -0.15) is 0 Å². The number of likely N-dealkylation sites (N-methyl/N-ethyl adjacent to an activating group) is 2. The number of ether oxygens (including phenoxy) is 1. The molecule has 1 saturated heterocycles. The van der Waals surface area contributed by atoms with Gasteiger partial charge in [0.15, 0.2) is 0 Å². The Hall–Kier alpha value is -0.970. The van der Waals surface area contributed by atoms with Crippen LogP contribution in [0.4, 0.5) is 0 Å². The molecule has 1 fully saturated rings. The molecule has 2 rings (SSSR count). The Morgan fingerprint density at radius 3 is 2.33 bits per heavy atom. The van der Waals surface area contributed by atoms with Gasteiger partial charge in [0.1, 0.15) is 6.04 Å². The van der Waals surface area contributed by atoms with Crippen LogP contribution in [0.1, 0.15) is 33.6 Å².